The molecule has 0 fully saturated rings. The molecule has 1 aromatic heterocycles. The van der Waals surface area contributed by atoms with E-state index in [9.17, 15) is 13.2 Å². The van der Waals surface area contributed by atoms with E-state index in [1.807, 2.05) is 27.7 Å². The maximum absolute atomic E-state index is 11.9. The minimum atomic E-state index is -4.28. The largest absolute Gasteiger partial charge is 0.443 e. The standard InChI is InChI=1S/C6H6F3NS.2C2H6/c1-2-4-3-10-5(11-4)6(7,8)9;2*1-2/h3H,2H2,1H3;2*1-2H3. The normalized spacial score (nSPS) is 9.60. The van der Waals surface area contributed by atoms with Crippen molar-refractivity contribution in [3.05, 3.63) is 16.1 Å². The van der Waals surface area contributed by atoms with E-state index in [1.165, 1.54) is 6.20 Å². The molecule has 0 aliphatic heterocycles. The molecule has 90 valence electrons. The summed E-state index contributed by atoms with van der Waals surface area (Å²) in [6.07, 6.45) is -2.40. The molecule has 0 spiro atoms. The van der Waals surface area contributed by atoms with Crippen LogP contribution in [-0.4, -0.2) is 4.98 Å². The third-order valence-corrected chi connectivity index (χ3v) is 2.33. The Balaban J connectivity index is 0. The van der Waals surface area contributed by atoms with Gasteiger partial charge in [0.05, 0.1) is 0 Å². The molecule has 0 atom stereocenters. The summed E-state index contributed by atoms with van der Waals surface area (Å²) in [6, 6.07) is 0. The number of aryl methyl sites for hydroxylation is 1. The lowest BCUT2D eigenvalue weighted by atomic mass is 10.4. The summed E-state index contributed by atoms with van der Waals surface area (Å²) in [6.45, 7) is 9.80. The lowest BCUT2D eigenvalue weighted by Gasteiger charge is -1.98. The highest BCUT2D eigenvalue weighted by Crippen LogP contribution is 2.32. The molecule has 0 N–H and O–H groups in total. The van der Waals surface area contributed by atoms with Crippen molar-refractivity contribution >= 4 is 11.3 Å². The topological polar surface area (TPSA) is 12.9 Å². The minimum absolute atomic E-state index is 0.605. The van der Waals surface area contributed by atoms with Crippen LogP contribution in [0.4, 0.5) is 13.2 Å². The molecule has 0 aliphatic rings. The Morgan fingerprint density at radius 1 is 1.20 bits per heavy atom. The van der Waals surface area contributed by atoms with Gasteiger partial charge < -0.3 is 0 Å². The van der Waals surface area contributed by atoms with E-state index in [-0.39, 0.29) is 0 Å². The summed E-state index contributed by atoms with van der Waals surface area (Å²) in [5.41, 5.74) is 0. The van der Waals surface area contributed by atoms with Crippen LogP contribution in [0.2, 0.25) is 0 Å². The van der Waals surface area contributed by atoms with Crippen LogP contribution in [0, 0.1) is 0 Å². The number of nitrogens with zero attached hydrogens (tertiary/aromatic N) is 1. The van der Waals surface area contributed by atoms with Gasteiger partial charge in [0, 0.05) is 11.1 Å². The molecule has 0 unspecified atom stereocenters. The molecule has 5 heteroatoms. The highest BCUT2D eigenvalue weighted by molar-refractivity contribution is 7.11. The van der Waals surface area contributed by atoms with E-state index in [0.717, 1.165) is 0 Å². The lowest BCUT2D eigenvalue weighted by molar-refractivity contribution is -0.137. The molecule has 0 radical (unpaired) electrons. The first kappa shape index (κ1) is 16.8. The summed E-state index contributed by atoms with van der Waals surface area (Å²) in [7, 11) is 0. The van der Waals surface area contributed by atoms with Gasteiger partial charge >= 0.3 is 6.18 Å². The second kappa shape index (κ2) is 8.71. The number of thiazole rings is 1. The van der Waals surface area contributed by atoms with Gasteiger partial charge in [-0.2, -0.15) is 13.2 Å². The van der Waals surface area contributed by atoms with Crippen LogP contribution in [0.1, 0.15) is 44.5 Å². The van der Waals surface area contributed by atoms with Gasteiger partial charge in [-0.25, -0.2) is 4.98 Å². The van der Waals surface area contributed by atoms with Crippen LogP contribution in [0.25, 0.3) is 0 Å². The number of rotatable bonds is 1. The predicted octanol–water partition coefficient (Wildman–Crippen LogP) is 4.78. The molecular weight excluding hydrogens is 223 g/mol. The number of halogens is 3. The Labute approximate surface area is 93.4 Å². The van der Waals surface area contributed by atoms with Gasteiger partial charge in [0.25, 0.3) is 0 Å². The van der Waals surface area contributed by atoms with Crippen LogP contribution in [0.5, 0.6) is 0 Å². The molecule has 1 rings (SSSR count). The number of hydrogen-bond acceptors (Lipinski definition) is 2. The molecule has 1 heterocycles. The zero-order valence-electron chi connectivity index (χ0n) is 9.77. The fourth-order valence-corrected chi connectivity index (χ4v) is 1.32. The van der Waals surface area contributed by atoms with Gasteiger partial charge in [0.15, 0.2) is 5.01 Å². The Bertz CT molecular complexity index is 243. The summed E-state index contributed by atoms with van der Waals surface area (Å²) >= 11 is 0.704. The SMILES string of the molecule is CC.CC.CCc1cnc(C(F)(F)F)s1. The zero-order valence-corrected chi connectivity index (χ0v) is 10.6. The Kier molecular flexibility index (Phi) is 9.77. The fraction of sp³-hybridized carbons (Fsp3) is 0.700. The van der Waals surface area contributed by atoms with Gasteiger partial charge in [0.1, 0.15) is 0 Å². The van der Waals surface area contributed by atoms with E-state index < -0.39 is 11.2 Å². The van der Waals surface area contributed by atoms with Crippen LogP contribution in [-0.2, 0) is 12.6 Å². The van der Waals surface area contributed by atoms with Crippen molar-refractivity contribution in [3.63, 3.8) is 0 Å². The first-order valence-electron chi connectivity index (χ1n) is 5.06. The summed E-state index contributed by atoms with van der Waals surface area (Å²) in [5.74, 6) is 0. The van der Waals surface area contributed by atoms with Crippen molar-refractivity contribution in [3.8, 4) is 0 Å². The van der Waals surface area contributed by atoms with E-state index in [2.05, 4.69) is 4.98 Å². The van der Waals surface area contributed by atoms with Crippen LogP contribution < -0.4 is 0 Å². The van der Waals surface area contributed by atoms with Crippen molar-refractivity contribution < 1.29 is 13.2 Å². The van der Waals surface area contributed by atoms with E-state index >= 15 is 0 Å². The van der Waals surface area contributed by atoms with Gasteiger partial charge in [-0.15, -0.1) is 11.3 Å². The minimum Gasteiger partial charge on any atom is -0.240 e. The maximum atomic E-state index is 11.9. The molecular formula is C10H18F3NS. The second-order valence-electron chi connectivity index (χ2n) is 1.98. The van der Waals surface area contributed by atoms with E-state index in [0.29, 0.717) is 22.6 Å². The molecule has 15 heavy (non-hydrogen) atoms. The van der Waals surface area contributed by atoms with Gasteiger partial charge in [-0.05, 0) is 6.42 Å². The summed E-state index contributed by atoms with van der Waals surface area (Å²) < 4.78 is 35.7. The third kappa shape index (κ3) is 6.49. The number of hydrogen-bond donors (Lipinski definition) is 0. The van der Waals surface area contributed by atoms with E-state index in [4.69, 9.17) is 0 Å². The van der Waals surface area contributed by atoms with Gasteiger partial charge in [0.2, 0.25) is 0 Å². The van der Waals surface area contributed by atoms with Crippen molar-refractivity contribution in [1.82, 2.24) is 4.98 Å². The third-order valence-electron chi connectivity index (χ3n) is 1.14. The Hall–Kier alpha value is -0.580. The van der Waals surface area contributed by atoms with Crippen molar-refractivity contribution in [2.45, 2.75) is 47.2 Å². The van der Waals surface area contributed by atoms with Crippen molar-refractivity contribution in [2.75, 3.05) is 0 Å². The lowest BCUT2D eigenvalue weighted by Crippen LogP contribution is -2.02. The first-order valence-corrected chi connectivity index (χ1v) is 5.87. The molecule has 1 aromatic rings. The molecule has 0 bridgehead atoms. The maximum Gasteiger partial charge on any atom is 0.443 e. The second-order valence-corrected chi connectivity index (χ2v) is 3.10. The average molecular weight is 241 g/mol. The molecule has 0 aliphatic carbocycles. The molecule has 1 nitrogen and oxygen atoms in total. The highest BCUT2D eigenvalue weighted by Gasteiger charge is 2.34. The molecule has 0 saturated heterocycles. The smallest absolute Gasteiger partial charge is 0.240 e. The zero-order chi connectivity index (χ0) is 12.5. The predicted molar refractivity (Wildman–Crippen MR) is 59.2 cm³/mol. The molecule has 0 aromatic carbocycles. The fourth-order valence-electron chi connectivity index (χ4n) is 0.602. The van der Waals surface area contributed by atoms with Crippen LogP contribution in [0.3, 0.4) is 0 Å². The van der Waals surface area contributed by atoms with Gasteiger partial charge in [-0.3, -0.25) is 0 Å². The van der Waals surface area contributed by atoms with Gasteiger partial charge in [-0.1, -0.05) is 34.6 Å². The van der Waals surface area contributed by atoms with Crippen LogP contribution >= 0.6 is 11.3 Å². The van der Waals surface area contributed by atoms with Crippen molar-refractivity contribution in [2.24, 2.45) is 0 Å². The van der Waals surface area contributed by atoms with Crippen molar-refractivity contribution in [1.29, 1.82) is 0 Å². The molecule has 0 amide bonds. The first-order chi connectivity index (χ1) is 7.04. The number of aromatic nitrogens is 1. The summed E-state index contributed by atoms with van der Waals surface area (Å²) in [5, 5.41) is -0.755. The van der Waals surface area contributed by atoms with E-state index in [1.54, 1.807) is 6.92 Å². The van der Waals surface area contributed by atoms with Crippen LogP contribution in [0.15, 0.2) is 6.20 Å². The highest BCUT2D eigenvalue weighted by atomic mass is 32.1. The molecule has 0 saturated carbocycles. The quantitative estimate of drug-likeness (QED) is 0.689. The summed E-state index contributed by atoms with van der Waals surface area (Å²) in [4.78, 5) is 3.92. The average Bonchev–Trinajstić information content (AvgIpc) is 2.71. The Morgan fingerprint density at radius 2 is 1.67 bits per heavy atom. The monoisotopic (exact) mass is 241 g/mol. The number of alkyl halides is 3. The Morgan fingerprint density at radius 3 is 1.87 bits per heavy atom.